The lowest BCUT2D eigenvalue weighted by atomic mass is 10.1. The molecule has 0 aliphatic rings. The molecule has 1 aromatic carbocycles. The van der Waals surface area contributed by atoms with Gasteiger partial charge in [-0.05, 0) is 31.0 Å². The van der Waals surface area contributed by atoms with Crippen LogP contribution >= 0.6 is 0 Å². The van der Waals surface area contributed by atoms with Crippen molar-refractivity contribution >= 4 is 5.95 Å². The summed E-state index contributed by atoms with van der Waals surface area (Å²) >= 11 is 0. The molecule has 1 heterocycles. The maximum absolute atomic E-state index is 5.76. The van der Waals surface area contributed by atoms with Crippen LogP contribution in [0.25, 0.3) is 0 Å². The third-order valence-electron chi connectivity index (χ3n) is 2.79. The van der Waals surface area contributed by atoms with Gasteiger partial charge in [-0.25, -0.2) is 4.98 Å². The fraction of sp³-hybridized carbons (Fsp3) is 0.286. The summed E-state index contributed by atoms with van der Waals surface area (Å²) in [4.78, 5) is 7.98. The number of methoxy groups -OCH3 is 1. The third-order valence-corrected chi connectivity index (χ3v) is 2.79. The van der Waals surface area contributed by atoms with Crippen LogP contribution in [0.2, 0.25) is 0 Å². The first kappa shape index (κ1) is 13.1. The molecule has 0 saturated carbocycles. The number of rotatable bonds is 4. The number of nitrogen functional groups attached to an aromatic ring is 1. The second-order valence-electron chi connectivity index (χ2n) is 4.16. The second kappa shape index (κ2) is 5.56. The van der Waals surface area contributed by atoms with Gasteiger partial charge in [0.2, 0.25) is 11.8 Å². The van der Waals surface area contributed by atoms with Crippen LogP contribution in [0.5, 0.6) is 17.4 Å². The van der Waals surface area contributed by atoms with E-state index >= 15 is 0 Å². The first-order valence-corrected chi connectivity index (χ1v) is 6.08. The van der Waals surface area contributed by atoms with Gasteiger partial charge in [0, 0.05) is 11.8 Å². The predicted octanol–water partition coefficient (Wildman–Crippen LogP) is 2.73. The zero-order chi connectivity index (χ0) is 13.8. The lowest BCUT2D eigenvalue weighted by Crippen LogP contribution is -2.00. The quantitative estimate of drug-likeness (QED) is 0.914. The van der Waals surface area contributed by atoms with Crippen molar-refractivity contribution in [2.24, 2.45) is 0 Å². The highest BCUT2D eigenvalue weighted by Crippen LogP contribution is 2.32. The summed E-state index contributed by atoms with van der Waals surface area (Å²) in [6.07, 6.45) is 2.57. The molecule has 0 radical (unpaired) electrons. The predicted molar refractivity (Wildman–Crippen MR) is 73.6 cm³/mol. The molecule has 0 unspecified atom stereocenters. The summed E-state index contributed by atoms with van der Waals surface area (Å²) in [6.45, 7) is 3.95. The van der Waals surface area contributed by atoms with E-state index in [-0.39, 0.29) is 5.95 Å². The van der Waals surface area contributed by atoms with E-state index in [1.807, 2.05) is 25.1 Å². The van der Waals surface area contributed by atoms with E-state index in [0.29, 0.717) is 17.4 Å². The highest BCUT2D eigenvalue weighted by Gasteiger charge is 2.10. The molecule has 0 fully saturated rings. The Bertz CT molecular complexity index is 585. The molecule has 0 saturated heterocycles. The number of aromatic nitrogens is 2. The van der Waals surface area contributed by atoms with E-state index in [4.69, 9.17) is 15.2 Å². The standard InChI is InChI=1S/C14H17N3O2/c1-4-10-5-6-11(12(7-10)18-3)19-13-9(2)8-16-14(15)17-13/h5-8H,4H2,1-3H3,(H2,15,16,17). The molecule has 0 bridgehead atoms. The van der Waals surface area contributed by atoms with Crippen LogP contribution in [0.1, 0.15) is 18.1 Å². The van der Waals surface area contributed by atoms with E-state index < -0.39 is 0 Å². The molecule has 0 spiro atoms. The minimum absolute atomic E-state index is 0.185. The maximum Gasteiger partial charge on any atom is 0.227 e. The van der Waals surface area contributed by atoms with E-state index in [2.05, 4.69) is 16.9 Å². The fourth-order valence-electron chi connectivity index (χ4n) is 1.66. The SMILES string of the molecule is CCc1ccc(Oc2nc(N)ncc2C)c(OC)c1. The number of hydrogen-bond donors (Lipinski definition) is 1. The highest BCUT2D eigenvalue weighted by atomic mass is 16.5. The number of nitrogens with two attached hydrogens (primary N) is 1. The van der Waals surface area contributed by atoms with Gasteiger partial charge in [-0.1, -0.05) is 13.0 Å². The smallest absolute Gasteiger partial charge is 0.227 e. The molecule has 100 valence electrons. The van der Waals surface area contributed by atoms with Gasteiger partial charge < -0.3 is 15.2 Å². The summed E-state index contributed by atoms with van der Waals surface area (Å²) in [5.74, 6) is 1.91. The lowest BCUT2D eigenvalue weighted by Gasteiger charge is -2.12. The maximum atomic E-state index is 5.76. The Kier molecular flexibility index (Phi) is 3.85. The monoisotopic (exact) mass is 259 g/mol. The zero-order valence-corrected chi connectivity index (χ0v) is 11.3. The van der Waals surface area contributed by atoms with Crippen molar-refractivity contribution in [1.82, 2.24) is 9.97 Å². The Balaban J connectivity index is 2.35. The number of aryl methyl sites for hydroxylation is 2. The average molecular weight is 259 g/mol. The Morgan fingerprint density at radius 1 is 1.26 bits per heavy atom. The summed E-state index contributed by atoms with van der Waals surface area (Å²) in [5.41, 5.74) is 7.56. The van der Waals surface area contributed by atoms with Gasteiger partial charge in [0.1, 0.15) is 0 Å². The van der Waals surface area contributed by atoms with E-state index in [9.17, 15) is 0 Å². The first-order valence-electron chi connectivity index (χ1n) is 6.08. The minimum Gasteiger partial charge on any atom is -0.493 e. The Hall–Kier alpha value is -2.30. The van der Waals surface area contributed by atoms with Crippen LogP contribution in [-0.4, -0.2) is 17.1 Å². The van der Waals surface area contributed by atoms with Gasteiger partial charge in [-0.15, -0.1) is 0 Å². The molecule has 2 N–H and O–H groups in total. The van der Waals surface area contributed by atoms with Crippen LogP contribution in [-0.2, 0) is 6.42 Å². The molecule has 19 heavy (non-hydrogen) atoms. The van der Waals surface area contributed by atoms with E-state index in [0.717, 1.165) is 12.0 Å². The Labute approximate surface area is 112 Å². The number of ether oxygens (including phenoxy) is 2. The van der Waals surface area contributed by atoms with Crippen LogP contribution in [0.15, 0.2) is 24.4 Å². The molecular weight excluding hydrogens is 242 g/mol. The molecule has 2 aromatic rings. The average Bonchev–Trinajstić information content (AvgIpc) is 2.43. The molecule has 5 nitrogen and oxygen atoms in total. The van der Waals surface area contributed by atoms with Crippen molar-refractivity contribution in [3.63, 3.8) is 0 Å². The Morgan fingerprint density at radius 2 is 2.05 bits per heavy atom. The summed E-state index contributed by atoms with van der Waals surface area (Å²) in [7, 11) is 1.61. The van der Waals surface area contributed by atoms with E-state index in [1.165, 1.54) is 5.56 Å². The summed E-state index contributed by atoms with van der Waals surface area (Å²) in [6, 6.07) is 5.82. The van der Waals surface area contributed by atoms with Crippen molar-refractivity contribution in [2.45, 2.75) is 20.3 Å². The van der Waals surface area contributed by atoms with Crippen molar-refractivity contribution in [3.8, 4) is 17.4 Å². The minimum atomic E-state index is 0.185. The summed E-state index contributed by atoms with van der Waals surface area (Å²) in [5, 5.41) is 0. The first-order chi connectivity index (χ1) is 9.13. The van der Waals surface area contributed by atoms with Crippen LogP contribution in [0, 0.1) is 6.92 Å². The third kappa shape index (κ3) is 2.93. The highest BCUT2D eigenvalue weighted by molar-refractivity contribution is 5.45. The molecule has 2 rings (SSSR count). The molecule has 0 aliphatic heterocycles. The second-order valence-corrected chi connectivity index (χ2v) is 4.16. The van der Waals surface area contributed by atoms with Gasteiger partial charge in [0.25, 0.3) is 0 Å². The van der Waals surface area contributed by atoms with Gasteiger partial charge in [-0.2, -0.15) is 4.98 Å². The lowest BCUT2D eigenvalue weighted by molar-refractivity contribution is 0.372. The molecule has 5 heteroatoms. The topological polar surface area (TPSA) is 70.3 Å². The van der Waals surface area contributed by atoms with Crippen molar-refractivity contribution in [3.05, 3.63) is 35.5 Å². The number of hydrogen-bond acceptors (Lipinski definition) is 5. The molecule has 0 atom stereocenters. The van der Waals surface area contributed by atoms with Crippen molar-refractivity contribution < 1.29 is 9.47 Å². The van der Waals surface area contributed by atoms with Crippen molar-refractivity contribution in [1.29, 1.82) is 0 Å². The fourth-order valence-corrected chi connectivity index (χ4v) is 1.66. The van der Waals surface area contributed by atoms with Gasteiger partial charge in [0.15, 0.2) is 11.5 Å². The van der Waals surface area contributed by atoms with Gasteiger partial charge >= 0.3 is 0 Å². The number of anilines is 1. The van der Waals surface area contributed by atoms with E-state index in [1.54, 1.807) is 13.3 Å². The number of nitrogens with zero attached hydrogens (tertiary/aromatic N) is 2. The summed E-state index contributed by atoms with van der Waals surface area (Å²) < 4.78 is 11.1. The van der Waals surface area contributed by atoms with Gasteiger partial charge in [0.05, 0.1) is 7.11 Å². The van der Waals surface area contributed by atoms with Crippen LogP contribution < -0.4 is 15.2 Å². The normalized spacial score (nSPS) is 10.3. The Morgan fingerprint density at radius 3 is 2.74 bits per heavy atom. The van der Waals surface area contributed by atoms with Crippen molar-refractivity contribution in [2.75, 3.05) is 12.8 Å². The largest absolute Gasteiger partial charge is 0.493 e. The molecular formula is C14H17N3O2. The van der Waals surface area contributed by atoms with Crippen LogP contribution in [0.4, 0.5) is 5.95 Å². The molecule has 1 aromatic heterocycles. The van der Waals surface area contributed by atoms with Crippen LogP contribution in [0.3, 0.4) is 0 Å². The van der Waals surface area contributed by atoms with Gasteiger partial charge in [-0.3, -0.25) is 0 Å². The number of benzene rings is 1. The molecule has 0 aliphatic carbocycles. The zero-order valence-electron chi connectivity index (χ0n) is 11.3. The molecule has 0 amide bonds.